The SMILES string of the molecule is CC(C)(C)OC(=O)Nc1cncc(COc2ncnc3c2c(-c2ccc4ncc(NCC(=O)O)cc4c2)cn3COCC[Si](C)(C)C)c1. The second-order valence-corrected chi connectivity index (χ2v) is 19.2. The van der Waals surface area contributed by atoms with Crippen LogP contribution in [0.4, 0.5) is 16.2 Å². The van der Waals surface area contributed by atoms with Crippen LogP contribution in [0.15, 0.2) is 61.4 Å². The number of benzene rings is 1. The maximum Gasteiger partial charge on any atom is 0.412 e. The lowest BCUT2D eigenvalue weighted by molar-refractivity contribution is -0.134. The first kappa shape index (κ1) is 34.3. The fraction of sp³-hybridized carbons (Fsp3) is 0.353. The third-order valence-electron chi connectivity index (χ3n) is 7.10. The molecule has 0 unspecified atom stereocenters. The highest BCUT2D eigenvalue weighted by Gasteiger charge is 2.20. The molecule has 3 N–H and O–H groups in total. The van der Waals surface area contributed by atoms with Gasteiger partial charge in [0, 0.05) is 43.6 Å². The van der Waals surface area contributed by atoms with Gasteiger partial charge in [0.25, 0.3) is 0 Å². The fourth-order valence-corrected chi connectivity index (χ4v) is 5.60. The van der Waals surface area contributed by atoms with Gasteiger partial charge in [-0.15, -0.1) is 0 Å². The van der Waals surface area contributed by atoms with Crippen molar-refractivity contribution in [2.24, 2.45) is 0 Å². The summed E-state index contributed by atoms with van der Waals surface area (Å²) in [6.07, 6.45) is 7.67. The molecule has 4 heterocycles. The maximum absolute atomic E-state index is 12.3. The van der Waals surface area contributed by atoms with E-state index in [1.165, 1.54) is 12.5 Å². The van der Waals surface area contributed by atoms with Gasteiger partial charge in [0.2, 0.25) is 5.88 Å². The Bertz CT molecular complexity index is 1930. The average Bonchev–Trinajstić information content (AvgIpc) is 3.38. The zero-order chi connectivity index (χ0) is 34.5. The minimum Gasteiger partial charge on any atom is -0.480 e. The van der Waals surface area contributed by atoms with Crippen LogP contribution in [0.3, 0.4) is 0 Å². The lowest BCUT2D eigenvalue weighted by Gasteiger charge is -2.19. The highest BCUT2D eigenvalue weighted by Crippen LogP contribution is 2.36. The van der Waals surface area contributed by atoms with E-state index >= 15 is 0 Å². The number of aromatic nitrogens is 5. The van der Waals surface area contributed by atoms with Crippen molar-refractivity contribution < 1.29 is 28.9 Å². The van der Waals surface area contributed by atoms with E-state index in [0.29, 0.717) is 47.2 Å². The van der Waals surface area contributed by atoms with Crippen LogP contribution in [0.1, 0.15) is 26.3 Å². The molecule has 0 radical (unpaired) electrons. The van der Waals surface area contributed by atoms with E-state index in [1.54, 1.807) is 39.2 Å². The topological polar surface area (TPSA) is 163 Å². The molecule has 48 heavy (non-hydrogen) atoms. The number of fused-ring (bicyclic) bond motifs is 2. The van der Waals surface area contributed by atoms with E-state index in [-0.39, 0.29) is 13.2 Å². The van der Waals surface area contributed by atoms with Gasteiger partial charge < -0.3 is 29.2 Å². The molecule has 252 valence electrons. The molecular formula is C34H41N7O6Si. The van der Waals surface area contributed by atoms with Gasteiger partial charge >= 0.3 is 12.1 Å². The van der Waals surface area contributed by atoms with E-state index in [2.05, 4.69) is 50.2 Å². The van der Waals surface area contributed by atoms with Crippen molar-refractivity contribution in [1.82, 2.24) is 24.5 Å². The second-order valence-electron chi connectivity index (χ2n) is 13.6. The fourth-order valence-electron chi connectivity index (χ4n) is 4.85. The molecule has 0 aliphatic carbocycles. The van der Waals surface area contributed by atoms with Crippen molar-refractivity contribution in [3.63, 3.8) is 0 Å². The summed E-state index contributed by atoms with van der Waals surface area (Å²) in [5.41, 5.74) is 4.27. The molecule has 0 aliphatic heterocycles. The summed E-state index contributed by atoms with van der Waals surface area (Å²) in [5, 5.41) is 16.2. The Morgan fingerprint density at radius 1 is 1.00 bits per heavy atom. The number of pyridine rings is 2. The monoisotopic (exact) mass is 671 g/mol. The number of nitrogens with one attached hydrogen (secondary N) is 2. The van der Waals surface area contributed by atoms with Gasteiger partial charge in [-0.2, -0.15) is 0 Å². The van der Waals surface area contributed by atoms with Crippen LogP contribution in [0.25, 0.3) is 33.1 Å². The number of carboxylic acid groups (broad SMARTS) is 1. The van der Waals surface area contributed by atoms with Gasteiger partial charge in [-0.3, -0.25) is 20.1 Å². The second kappa shape index (κ2) is 14.4. The molecule has 0 atom stereocenters. The summed E-state index contributed by atoms with van der Waals surface area (Å²) in [6, 6.07) is 10.5. The lowest BCUT2D eigenvalue weighted by Crippen LogP contribution is -2.27. The first-order chi connectivity index (χ1) is 22.7. The Kier molecular flexibility index (Phi) is 10.2. The van der Waals surface area contributed by atoms with Crippen molar-refractivity contribution >= 4 is 53.4 Å². The minimum absolute atomic E-state index is 0.126. The summed E-state index contributed by atoms with van der Waals surface area (Å²) in [5.74, 6) is -0.588. The molecule has 5 aromatic rings. The van der Waals surface area contributed by atoms with Crippen LogP contribution in [0, 0.1) is 0 Å². The number of hydrogen-bond acceptors (Lipinski definition) is 10. The molecule has 0 aliphatic rings. The zero-order valence-electron chi connectivity index (χ0n) is 28.0. The highest BCUT2D eigenvalue weighted by atomic mass is 28.3. The van der Waals surface area contributed by atoms with Crippen molar-refractivity contribution in [1.29, 1.82) is 0 Å². The number of hydrogen-bond donors (Lipinski definition) is 3. The number of anilines is 2. The van der Waals surface area contributed by atoms with Crippen molar-refractivity contribution in [3.8, 4) is 17.0 Å². The van der Waals surface area contributed by atoms with E-state index in [1.807, 2.05) is 35.0 Å². The number of amides is 1. The van der Waals surface area contributed by atoms with Crippen LogP contribution in [0.5, 0.6) is 5.88 Å². The number of carbonyl (C=O) groups is 2. The first-order valence-corrected chi connectivity index (χ1v) is 19.3. The van der Waals surface area contributed by atoms with Crippen LogP contribution >= 0.6 is 0 Å². The molecule has 0 fully saturated rings. The normalized spacial score (nSPS) is 11.9. The molecule has 0 saturated heterocycles. The molecule has 1 amide bonds. The third-order valence-corrected chi connectivity index (χ3v) is 8.80. The number of rotatable bonds is 13. The zero-order valence-corrected chi connectivity index (χ0v) is 29.0. The maximum atomic E-state index is 12.3. The molecule has 5 rings (SSSR count). The summed E-state index contributed by atoms with van der Waals surface area (Å²) in [6.45, 7) is 13.2. The Morgan fingerprint density at radius 2 is 1.81 bits per heavy atom. The van der Waals surface area contributed by atoms with Crippen LogP contribution < -0.4 is 15.4 Å². The van der Waals surface area contributed by atoms with Gasteiger partial charge in [0.05, 0.1) is 34.7 Å². The smallest absolute Gasteiger partial charge is 0.412 e. The van der Waals surface area contributed by atoms with Crippen molar-refractivity contribution in [2.75, 3.05) is 23.8 Å². The Morgan fingerprint density at radius 3 is 2.56 bits per heavy atom. The number of aliphatic carboxylic acids is 1. The number of carbonyl (C=O) groups excluding carboxylic acids is 1. The molecule has 13 nitrogen and oxygen atoms in total. The van der Waals surface area contributed by atoms with E-state index in [9.17, 15) is 9.59 Å². The predicted molar refractivity (Wildman–Crippen MR) is 187 cm³/mol. The van der Waals surface area contributed by atoms with E-state index in [4.69, 9.17) is 19.3 Å². The highest BCUT2D eigenvalue weighted by molar-refractivity contribution is 6.76. The summed E-state index contributed by atoms with van der Waals surface area (Å²) in [7, 11) is -1.27. The van der Waals surface area contributed by atoms with Gasteiger partial charge in [0.15, 0.2) is 0 Å². The lowest BCUT2D eigenvalue weighted by atomic mass is 10.0. The van der Waals surface area contributed by atoms with E-state index in [0.717, 1.165) is 28.1 Å². The Labute approximate surface area is 279 Å². The molecule has 0 spiro atoms. The molecule has 0 bridgehead atoms. The third kappa shape index (κ3) is 9.26. The average molecular weight is 672 g/mol. The van der Waals surface area contributed by atoms with Gasteiger partial charge in [-0.25, -0.2) is 14.8 Å². The number of ether oxygens (including phenoxy) is 3. The summed E-state index contributed by atoms with van der Waals surface area (Å²) in [4.78, 5) is 41.2. The standard InChI is InChI=1S/C34H41N7O6Si/c1-34(2,3)47-33(44)40-26-11-22(14-35-15-26)19-46-32-30-27(18-41(31(30)38-20-39-32)21-45-9-10-48(4,5)6)23-7-8-28-24(12-23)13-25(16-37-28)36-17-29(42)43/h7-8,11-16,18,20,36H,9-10,17,19,21H2,1-6H3,(H,40,44)(H,42,43). The molecule has 1 aromatic carbocycles. The molecule has 4 aromatic heterocycles. The van der Waals surface area contributed by atoms with Crippen LogP contribution in [-0.4, -0.2) is 68.5 Å². The van der Waals surface area contributed by atoms with Gasteiger partial charge in [-0.1, -0.05) is 25.7 Å². The Hall–Kier alpha value is -5.08. The largest absolute Gasteiger partial charge is 0.480 e. The molecule has 0 saturated carbocycles. The van der Waals surface area contributed by atoms with Crippen LogP contribution in [-0.2, 0) is 27.6 Å². The summed E-state index contributed by atoms with van der Waals surface area (Å²) >= 11 is 0. The number of carboxylic acids is 1. The quantitative estimate of drug-likeness (QED) is 0.0894. The van der Waals surface area contributed by atoms with Crippen LogP contribution in [0.2, 0.25) is 25.7 Å². The minimum atomic E-state index is -1.27. The predicted octanol–water partition coefficient (Wildman–Crippen LogP) is 6.78. The molecular weight excluding hydrogens is 631 g/mol. The number of nitrogens with zero attached hydrogens (tertiary/aromatic N) is 5. The van der Waals surface area contributed by atoms with Gasteiger partial charge in [0.1, 0.15) is 37.5 Å². The van der Waals surface area contributed by atoms with Crippen molar-refractivity contribution in [3.05, 3.63) is 67.0 Å². The first-order valence-electron chi connectivity index (χ1n) is 15.6. The van der Waals surface area contributed by atoms with Crippen molar-refractivity contribution in [2.45, 2.75) is 65.4 Å². The van der Waals surface area contributed by atoms with Gasteiger partial charge in [-0.05, 0) is 56.6 Å². The Balaban J connectivity index is 1.47. The van der Waals surface area contributed by atoms with E-state index < -0.39 is 25.7 Å². The molecule has 14 heteroatoms. The summed E-state index contributed by atoms with van der Waals surface area (Å²) < 4.78 is 19.7.